The Hall–Kier alpha value is -1.92. The van der Waals surface area contributed by atoms with E-state index in [0.717, 1.165) is 57.0 Å². The van der Waals surface area contributed by atoms with Crippen LogP contribution in [0.15, 0.2) is 24.4 Å². The summed E-state index contributed by atoms with van der Waals surface area (Å²) in [5.41, 5.74) is 2.22. The molecule has 0 bridgehead atoms. The van der Waals surface area contributed by atoms with Gasteiger partial charge in [0.1, 0.15) is 11.3 Å². The molecule has 2 aromatic rings. The van der Waals surface area contributed by atoms with Crippen LogP contribution in [0.2, 0.25) is 0 Å². The monoisotopic (exact) mass is 330 g/mol. The number of fused-ring (bicyclic) bond motifs is 1. The number of carbonyl (C=O) groups excluding carboxylic acids is 1. The molecule has 1 aliphatic rings. The van der Waals surface area contributed by atoms with Crippen molar-refractivity contribution in [3.63, 3.8) is 0 Å². The second-order valence-electron chi connectivity index (χ2n) is 6.46. The van der Waals surface area contributed by atoms with Crippen LogP contribution in [0.4, 0.5) is 0 Å². The van der Waals surface area contributed by atoms with Gasteiger partial charge in [0.25, 0.3) is 5.91 Å². The van der Waals surface area contributed by atoms with Gasteiger partial charge in [-0.2, -0.15) is 0 Å². The highest BCUT2D eigenvalue weighted by molar-refractivity contribution is 5.94. The predicted molar refractivity (Wildman–Crippen MR) is 93.3 cm³/mol. The maximum Gasteiger partial charge on any atom is 0.270 e. The van der Waals surface area contributed by atoms with Crippen molar-refractivity contribution in [3.05, 3.63) is 35.8 Å². The minimum Gasteiger partial charge on any atom is -0.383 e. The van der Waals surface area contributed by atoms with Crippen LogP contribution in [0, 0.1) is 12.8 Å². The fraction of sp³-hybridized carbons (Fsp3) is 0.556. The van der Waals surface area contributed by atoms with E-state index in [-0.39, 0.29) is 5.91 Å². The highest BCUT2D eigenvalue weighted by Crippen LogP contribution is 2.17. The van der Waals surface area contributed by atoms with E-state index in [4.69, 9.17) is 4.74 Å². The molecule has 2 aromatic heterocycles. The third-order valence-electron chi connectivity index (χ3n) is 4.79. The molecule has 0 radical (unpaired) electrons. The summed E-state index contributed by atoms with van der Waals surface area (Å²) < 4.78 is 6.99. The lowest BCUT2D eigenvalue weighted by Crippen LogP contribution is -2.40. The number of carbonyl (C=O) groups is 1. The number of imidazole rings is 1. The number of rotatable bonds is 6. The summed E-state index contributed by atoms with van der Waals surface area (Å²) >= 11 is 0. The average molecular weight is 330 g/mol. The van der Waals surface area contributed by atoms with Crippen molar-refractivity contribution in [1.82, 2.24) is 19.6 Å². The number of ether oxygens (including phenoxy) is 1. The van der Waals surface area contributed by atoms with Gasteiger partial charge in [-0.3, -0.25) is 9.20 Å². The van der Waals surface area contributed by atoms with Crippen LogP contribution >= 0.6 is 0 Å². The minimum atomic E-state index is -0.0342. The molecule has 3 rings (SSSR count). The Labute approximate surface area is 142 Å². The Kier molecular flexibility index (Phi) is 5.48. The second-order valence-corrected chi connectivity index (χ2v) is 6.46. The summed E-state index contributed by atoms with van der Waals surface area (Å²) in [5.74, 6) is 0.514. The number of piperidine rings is 1. The SMILES string of the molecule is COCCN1CCC(CNC(=O)c2c(C)nc3ccccn23)CC1. The zero-order valence-electron chi connectivity index (χ0n) is 14.5. The van der Waals surface area contributed by atoms with Gasteiger partial charge in [-0.05, 0) is 50.9 Å². The number of nitrogens with zero attached hydrogens (tertiary/aromatic N) is 3. The minimum absolute atomic E-state index is 0.0342. The van der Waals surface area contributed by atoms with E-state index in [2.05, 4.69) is 15.2 Å². The van der Waals surface area contributed by atoms with Crippen molar-refractivity contribution in [2.45, 2.75) is 19.8 Å². The highest BCUT2D eigenvalue weighted by atomic mass is 16.5. The average Bonchev–Trinajstić information content (AvgIpc) is 2.94. The molecule has 0 aromatic carbocycles. The summed E-state index contributed by atoms with van der Waals surface area (Å²) in [6, 6.07) is 5.76. The molecule has 0 atom stereocenters. The number of nitrogens with one attached hydrogen (secondary N) is 1. The maximum absolute atomic E-state index is 12.6. The Morgan fingerprint density at radius 2 is 2.17 bits per heavy atom. The predicted octanol–water partition coefficient (Wildman–Crippen LogP) is 1.73. The Morgan fingerprint density at radius 3 is 2.92 bits per heavy atom. The molecule has 1 fully saturated rings. The molecular weight excluding hydrogens is 304 g/mol. The van der Waals surface area contributed by atoms with Gasteiger partial charge in [0.05, 0.1) is 12.3 Å². The molecule has 1 aliphatic heterocycles. The molecule has 0 saturated carbocycles. The molecule has 24 heavy (non-hydrogen) atoms. The lowest BCUT2D eigenvalue weighted by molar-refractivity contribution is 0.0919. The number of methoxy groups -OCH3 is 1. The molecule has 6 nitrogen and oxygen atoms in total. The molecule has 130 valence electrons. The normalized spacial score (nSPS) is 16.6. The van der Waals surface area contributed by atoms with Crippen molar-refractivity contribution in [2.24, 2.45) is 5.92 Å². The van der Waals surface area contributed by atoms with Crippen molar-refractivity contribution in [1.29, 1.82) is 0 Å². The van der Waals surface area contributed by atoms with Gasteiger partial charge in [-0.15, -0.1) is 0 Å². The smallest absolute Gasteiger partial charge is 0.270 e. The molecule has 1 saturated heterocycles. The largest absolute Gasteiger partial charge is 0.383 e. The molecule has 1 amide bonds. The number of aryl methyl sites for hydroxylation is 1. The first kappa shape index (κ1) is 16.9. The van der Waals surface area contributed by atoms with E-state index in [1.165, 1.54) is 0 Å². The lowest BCUT2D eigenvalue weighted by Gasteiger charge is -2.31. The van der Waals surface area contributed by atoms with Crippen molar-refractivity contribution < 1.29 is 9.53 Å². The molecule has 3 heterocycles. The van der Waals surface area contributed by atoms with Crippen molar-refractivity contribution in [2.75, 3.05) is 39.9 Å². The first-order chi connectivity index (χ1) is 11.7. The summed E-state index contributed by atoms with van der Waals surface area (Å²) in [6.45, 7) is 6.56. The van der Waals surface area contributed by atoms with Gasteiger partial charge in [-0.1, -0.05) is 6.07 Å². The van der Waals surface area contributed by atoms with Crippen LogP contribution in [0.1, 0.15) is 29.0 Å². The van der Waals surface area contributed by atoms with Crippen LogP contribution in [0.5, 0.6) is 0 Å². The van der Waals surface area contributed by atoms with E-state index < -0.39 is 0 Å². The number of aromatic nitrogens is 2. The molecule has 0 unspecified atom stereocenters. The van der Waals surface area contributed by atoms with E-state index in [9.17, 15) is 4.79 Å². The first-order valence-corrected chi connectivity index (χ1v) is 8.62. The quantitative estimate of drug-likeness (QED) is 0.876. The van der Waals surface area contributed by atoms with Gasteiger partial charge < -0.3 is 15.0 Å². The zero-order valence-corrected chi connectivity index (χ0v) is 14.5. The van der Waals surface area contributed by atoms with Gasteiger partial charge in [0.2, 0.25) is 0 Å². The number of pyridine rings is 1. The standard InChI is InChI=1S/C18H26N4O2/c1-14-17(22-8-4-3-5-16(22)20-14)18(23)19-13-15-6-9-21(10-7-15)11-12-24-2/h3-5,8,15H,6-7,9-13H2,1-2H3,(H,19,23). The molecule has 0 aliphatic carbocycles. The number of amides is 1. The summed E-state index contributed by atoms with van der Waals surface area (Å²) in [7, 11) is 1.74. The van der Waals surface area contributed by atoms with E-state index in [1.807, 2.05) is 35.7 Å². The van der Waals surface area contributed by atoms with E-state index in [1.54, 1.807) is 7.11 Å². The third kappa shape index (κ3) is 3.76. The van der Waals surface area contributed by atoms with Crippen LogP contribution in [-0.2, 0) is 4.74 Å². The zero-order chi connectivity index (χ0) is 16.9. The fourth-order valence-electron chi connectivity index (χ4n) is 3.34. The number of likely N-dealkylation sites (tertiary alicyclic amines) is 1. The summed E-state index contributed by atoms with van der Waals surface area (Å²) in [5, 5.41) is 3.10. The highest BCUT2D eigenvalue weighted by Gasteiger charge is 2.21. The van der Waals surface area contributed by atoms with Crippen molar-refractivity contribution in [3.8, 4) is 0 Å². The lowest BCUT2D eigenvalue weighted by atomic mass is 9.97. The Balaban J connectivity index is 1.54. The van der Waals surface area contributed by atoms with E-state index >= 15 is 0 Å². The molecular formula is C18H26N4O2. The second kappa shape index (κ2) is 7.77. The van der Waals surface area contributed by atoms with Crippen molar-refractivity contribution >= 4 is 11.6 Å². The van der Waals surface area contributed by atoms with Gasteiger partial charge in [0.15, 0.2) is 0 Å². The number of hydrogen-bond acceptors (Lipinski definition) is 4. The summed E-state index contributed by atoms with van der Waals surface area (Å²) in [4.78, 5) is 19.5. The van der Waals surface area contributed by atoms with Crippen LogP contribution in [0.25, 0.3) is 5.65 Å². The van der Waals surface area contributed by atoms with E-state index in [0.29, 0.717) is 11.6 Å². The van der Waals surface area contributed by atoms with Gasteiger partial charge in [0, 0.05) is 26.4 Å². The Morgan fingerprint density at radius 1 is 1.38 bits per heavy atom. The van der Waals surface area contributed by atoms with Crippen LogP contribution in [-0.4, -0.2) is 60.1 Å². The van der Waals surface area contributed by atoms with Gasteiger partial charge >= 0.3 is 0 Å². The van der Waals surface area contributed by atoms with Gasteiger partial charge in [-0.25, -0.2) is 4.98 Å². The maximum atomic E-state index is 12.6. The molecule has 0 spiro atoms. The first-order valence-electron chi connectivity index (χ1n) is 8.62. The Bertz CT molecular complexity index is 689. The fourth-order valence-corrected chi connectivity index (χ4v) is 3.34. The topological polar surface area (TPSA) is 58.9 Å². The molecule has 6 heteroatoms. The molecule has 1 N–H and O–H groups in total. The van der Waals surface area contributed by atoms with Crippen LogP contribution < -0.4 is 5.32 Å². The van der Waals surface area contributed by atoms with Crippen LogP contribution in [0.3, 0.4) is 0 Å². The summed E-state index contributed by atoms with van der Waals surface area (Å²) in [6.07, 6.45) is 4.13. The third-order valence-corrected chi connectivity index (χ3v) is 4.79. The number of hydrogen-bond donors (Lipinski definition) is 1.